The van der Waals surface area contributed by atoms with E-state index in [4.69, 9.17) is 0 Å². The monoisotopic (exact) mass is 370 g/mol. The Morgan fingerprint density at radius 2 is 2.33 bits per heavy atom. The van der Waals surface area contributed by atoms with Crippen LogP contribution < -0.4 is 10.6 Å². The second-order valence-corrected chi connectivity index (χ2v) is 11.4. The Morgan fingerprint density at radius 1 is 1.50 bits per heavy atom. The van der Waals surface area contributed by atoms with E-state index in [1.807, 2.05) is 4.31 Å². The average molecular weight is 370 g/mol. The Hall–Kier alpha value is -1.57. The van der Waals surface area contributed by atoms with Crippen LogP contribution in [0.15, 0.2) is 18.5 Å². The van der Waals surface area contributed by atoms with Gasteiger partial charge in [0.15, 0.2) is 11.5 Å². The number of aromatic nitrogens is 3. The van der Waals surface area contributed by atoms with Crippen LogP contribution in [0.5, 0.6) is 0 Å². The maximum atomic E-state index is 12.3. The van der Waals surface area contributed by atoms with Crippen molar-refractivity contribution >= 4 is 41.2 Å². The van der Waals surface area contributed by atoms with Crippen LogP contribution in [0.4, 0.5) is 10.6 Å². The molecule has 2 aromatic rings. The number of urea groups is 1. The van der Waals surface area contributed by atoms with Crippen LogP contribution in [0.1, 0.15) is 19.3 Å². The third-order valence-corrected chi connectivity index (χ3v) is 6.52. The van der Waals surface area contributed by atoms with Gasteiger partial charge in [0, 0.05) is 31.6 Å². The fourth-order valence-corrected chi connectivity index (χ4v) is 4.52. The molecule has 1 aliphatic heterocycles. The molecular weight excluding hydrogens is 347 g/mol. The van der Waals surface area contributed by atoms with Gasteiger partial charge in [-0.15, -0.1) is 0 Å². The zero-order chi connectivity index (χ0) is 17.2. The average Bonchev–Trinajstić information content (AvgIpc) is 2.83. The number of amides is 2. The fourth-order valence-electron chi connectivity index (χ4n) is 2.83. The molecule has 1 aliphatic rings. The van der Waals surface area contributed by atoms with E-state index in [1.54, 1.807) is 18.5 Å². The highest BCUT2D eigenvalue weighted by atomic mass is 32.8. The summed E-state index contributed by atoms with van der Waals surface area (Å²) in [4.78, 5) is 23.7. The van der Waals surface area contributed by atoms with Crippen LogP contribution >= 0.6 is 8.44 Å². The molecule has 2 atom stereocenters. The summed E-state index contributed by atoms with van der Waals surface area (Å²) in [5.41, 5.74) is 1.38. The quantitative estimate of drug-likeness (QED) is 0.483. The lowest BCUT2D eigenvalue weighted by Crippen LogP contribution is -2.46. The number of hydrogen-bond acceptors (Lipinski definition) is 4. The first-order valence-electron chi connectivity index (χ1n) is 7.91. The molecule has 3 rings (SSSR count). The molecule has 0 aliphatic carbocycles. The van der Waals surface area contributed by atoms with Crippen molar-refractivity contribution in [3.63, 3.8) is 0 Å². The zero-order valence-electron chi connectivity index (χ0n) is 13.5. The van der Waals surface area contributed by atoms with E-state index in [2.05, 4.69) is 34.0 Å². The van der Waals surface area contributed by atoms with Gasteiger partial charge in [-0.3, -0.25) is 9.53 Å². The standard InChI is InChI=1S/C14H23N6O2PS/c1-24(22,23)20-7-3-2-4-10(9-20)17-14(21)19-12-8-16-13-11(18-12)5-6-15-13/h5-6,8,10,24H,2-4,7,9,23H2,1H3,(H,15,16)(H2,17,18,19,21). The molecule has 3 heterocycles. The second-order valence-electron chi connectivity index (χ2n) is 6.11. The molecule has 0 spiro atoms. The number of hydrogen-bond donors (Lipinski definition) is 4. The molecule has 0 radical (unpaired) electrons. The predicted octanol–water partition coefficient (Wildman–Crippen LogP) is 1.29. The Balaban J connectivity index is 1.61. The van der Waals surface area contributed by atoms with Gasteiger partial charge in [-0.05, 0) is 28.6 Å². The lowest BCUT2D eigenvalue weighted by Gasteiger charge is -2.31. The van der Waals surface area contributed by atoms with Crippen molar-refractivity contribution < 1.29 is 9.00 Å². The van der Waals surface area contributed by atoms with E-state index in [0.29, 0.717) is 23.5 Å². The van der Waals surface area contributed by atoms with Crippen LogP contribution in [0, 0.1) is 0 Å². The van der Waals surface area contributed by atoms with Gasteiger partial charge in [-0.2, -0.15) is 0 Å². The van der Waals surface area contributed by atoms with Crippen molar-refractivity contribution in [1.29, 1.82) is 0 Å². The molecule has 1 saturated heterocycles. The van der Waals surface area contributed by atoms with Gasteiger partial charge < -0.3 is 10.3 Å². The first kappa shape index (κ1) is 17.3. The first-order chi connectivity index (χ1) is 11.4. The Kier molecular flexibility index (Phi) is 5.12. The highest BCUT2D eigenvalue weighted by Crippen LogP contribution is 2.22. The third-order valence-electron chi connectivity index (χ3n) is 4.05. The maximum absolute atomic E-state index is 12.3. The lowest BCUT2D eigenvalue weighted by atomic mass is 10.1. The molecule has 2 aromatic heterocycles. The zero-order valence-corrected chi connectivity index (χ0v) is 15.6. The summed E-state index contributed by atoms with van der Waals surface area (Å²) in [7, 11) is 0.0568. The minimum absolute atomic E-state index is 0.0368. The predicted molar refractivity (Wildman–Crippen MR) is 100 cm³/mol. The van der Waals surface area contributed by atoms with Gasteiger partial charge in [0.25, 0.3) is 0 Å². The van der Waals surface area contributed by atoms with Crippen molar-refractivity contribution in [2.24, 2.45) is 0 Å². The molecule has 10 heteroatoms. The lowest BCUT2D eigenvalue weighted by molar-refractivity contribution is 0.246. The van der Waals surface area contributed by atoms with Crippen molar-refractivity contribution in [1.82, 2.24) is 24.6 Å². The molecule has 2 unspecified atom stereocenters. The van der Waals surface area contributed by atoms with Crippen LogP contribution in [-0.2, 0) is 9.74 Å². The number of rotatable bonds is 3. The number of aromatic amines is 1. The number of thiol groups is 1. The summed E-state index contributed by atoms with van der Waals surface area (Å²) >= 11 is 0. The van der Waals surface area contributed by atoms with E-state index in [1.165, 1.54) is 6.20 Å². The number of H-pyrrole nitrogens is 1. The number of carbonyl (C=O) groups excluding carboxylic acids is 1. The summed E-state index contributed by atoms with van der Waals surface area (Å²) < 4.78 is 14.2. The van der Waals surface area contributed by atoms with E-state index >= 15 is 0 Å². The number of anilines is 1. The molecule has 1 fully saturated rings. The Morgan fingerprint density at radius 3 is 3.12 bits per heavy atom. The van der Waals surface area contributed by atoms with Crippen molar-refractivity contribution in [2.45, 2.75) is 25.3 Å². The first-order valence-corrected chi connectivity index (χ1v) is 11.6. The molecule has 3 N–H and O–H groups in total. The molecular formula is C14H23N6O2PS. The van der Waals surface area contributed by atoms with Crippen LogP contribution in [0.25, 0.3) is 11.2 Å². The minimum Gasteiger partial charge on any atom is -0.345 e. The number of nitrogens with zero attached hydrogens (tertiary/aromatic N) is 3. The second kappa shape index (κ2) is 7.13. The molecule has 8 nitrogen and oxygen atoms in total. The topological polar surface area (TPSA) is 103 Å². The van der Waals surface area contributed by atoms with Crippen molar-refractivity contribution in [2.75, 3.05) is 24.7 Å². The van der Waals surface area contributed by atoms with Gasteiger partial charge in [-0.25, -0.2) is 19.1 Å². The highest BCUT2D eigenvalue weighted by Gasteiger charge is 2.24. The Bertz CT molecular complexity index is 775. The highest BCUT2D eigenvalue weighted by molar-refractivity contribution is 8.43. The summed E-state index contributed by atoms with van der Waals surface area (Å²) in [6, 6.07) is 1.44. The molecule has 0 saturated carbocycles. The minimum atomic E-state index is -2.38. The van der Waals surface area contributed by atoms with E-state index in [-0.39, 0.29) is 12.1 Å². The molecule has 2 amide bonds. The Labute approximate surface area is 143 Å². The van der Waals surface area contributed by atoms with Gasteiger partial charge in [-0.1, -0.05) is 14.9 Å². The van der Waals surface area contributed by atoms with Gasteiger partial charge in [0.05, 0.1) is 6.20 Å². The van der Waals surface area contributed by atoms with Crippen molar-refractivity contribution in [3.8, 4) is 0 Å². The van der Waals surface area contributed by atoms with Crippen LogP contribution in [-0.4, -0.2) is 54.9 Å². The summed E-state index contributed by atoms with van der Waals surface area (Å²) in [5, 5.41) is 5.67. The maximum Gasteiger partial charge on any atom is 0.320 e. The van der Waals surface area contributed by atoms with Crippen LogP contribution in [0.2, 0.25) is 0 Å². The molecule has 0 bridgehead atoms. The fraction of sp³-hybridized carbons (Fsp3) is 0.500. The summed E-state index contributed by atoms with van der Waals surface area (Å²) in [6.45, 7) is 1.39. The summed E-state index contributed by atoms with van der Waals surface area (Å²) in [5.74, 6) is 0.400. The molecule has 0 aromatic carbocycles. The van der Waals surface area contributed by atoms with E-state index < -0.39 is 9.74 Å². The number of fused-ring (bicyclic) bond motifs is 1. The molecule has 24 heavy (non-hydrogen) atoms. The normalized spacial score (nSPS) is 20.5. The largest absolute Gasteiger partial charge is 0.345 e. The van der Waals surface area contributed by atoms with E-state index in [0.717, 1.165) is 25.8 Å². The molecule has 132 valence electrons. The number of nitrogens with one attached hydrogen (secondary N) is 3. The van der Waals surface area contributed by atoms with Crippen LogP contribution in [0.3, 0.4) is 0 Å². The third kappa shape index (κ3) is 4.28. The number of carbonyl (C=O) groups is 1. The van der Waals surface area contributed by atoms with Gasteiger partial charge in [0.2, 0.25) is 0 Å². The SMILES string of the molecule is C[SH](=O)(P)N1CCCCC(NC(=O)Nc2cnc3[nH]ccc3n2)C1. The summed E-state index contributed by atoms with van der Waals surface area (Å²) in [6.07, 6.45) is 7.86. The van der Waals surface area contributed by atoms with Gasteiger partial charge in [0.1, 0.15) is 5.52 Å². The smallest absolute Gasteiger partial charge is 0.320 e. The van der Waals surface area contributed by atoms with Crippen molar-refractivity contribution in [3.05, 3.63) is 18.5 Å². The van der Waals surface area contributed by atoms with Gasteiger partial charge >= 0.3 is 6.03 Å². The van der Waals surface area contributed by atoms with E-state index in [9.17, 15) is 9.00 Å².